The van der Waals surface area contributed by atoms with Crippen molar-refractivity contribution in [3.63, 3.8) is 0 Å². The number of amides is 2. The number of aliphatic carboxylic acids is 1. The molecular weight excluding hydrogens is 456 g/mol. The molecule has 0 saturated carbocycles. The number of phenolic OH excluding ortho intramolecular Hbond substituents is 1. The van der Waals surface area contributed by atoms with Gasteiger partial charge in [0.1, 0.15) is 17.8 Å². The first kappa shape index (κ1) is 28.3. The monoisotopic (exact) mass is 486 g/mol. The van der Waals surface area contributed by atoms with Crippen LogP contribution in [-0.4, -0.2) is 93.4 Å². The van der Waals surface area contributed by atoms with Gasteiger partial charge in [-0.25, -0.2) is 4.79 Å². The van der Waals surface area contributed by atoms with E-state index in [-0.39, 0.29) is 17.7 Å². The van der Waals surface area contributed by atoms with Gasteiger partial charge in [0.25, 0.3) is 0 Å². The van der Waals surface area contributed by atoms with Crippen molar-refractivity contribution in [3.05, 3.63) is 29.8 Å². The first-order valence-corrected chi connectivity index (χ1v) is 11.3. The second-order valence-corrected chi connectivity index (χ2v) is 8.20. The van der Waals surface area contributed by atoms with Crippen molar-refractivity contribution in [2.24, 2.45) is 11.5 Å². The molecule has 1 aromatic carbocycles. The highest BCUT2D eigenvalue weighted by molar-refractivity contribution is 7.98. The van der Waals surface area contributed by atoms with E-state index in [1.54, 1.807) is 6.26 Å². The Kier molecular flexibility index (Phi) is 11.8. The summed E-state index contributed by atoms with van der Waals surface area (Å²) in [5.41, 5.74) is 11.9. The van der Waals surface area contributed by atoms with Gasteiger partial charge < -0.3 is 42.5 Å². The highest BCUT2D eigenvalue weighted by atomic mass is 32.2. The topological polar surface area (TPSA) is 225 Å². The van der Waals surface area contributed by atoms with Crippen LogP contribution in [0.4, 0.5) is 0 Å². The fourth-order valence-corrected chi connectivity index (χ4v) is 3.40. The Morgan fingerprint density at radius 2 is 1.55 bits per heavy atom. The van der Waals surface area contributed by atoms with Crippen molar-refractivity contribution in [3.8, 4) is 5.75 Å². The van der Waals surface area contributed by atoms with Gasteiger partial charge in [0.2, 0.25) is 11.8 Å². The van der Waals surface area contributed by atoms with Crippen molar-refractivity contribution in [2.75, 3.05) is 25.2 Å². The number of aromatic hydroxyl groups is 1. The van der Waals surface area contributed by atoms with Crippen LogP contribution in [0.3, 0.4) is 0 Å². The summed E-state index contributed by atoms with van der Waals surface area (Å²) in [6.45, 7) is -1.55. The zero-order valence-electron chi connectivity index (χ0n) is 18.0. The summed E-state index contributed by atoms with van der Waals surface area (Å²) in [5.74, 6) is -4.92. The maximum absolute atomic E-state index is 12.8. The van der Waals surface area contributed by atoms with Gasteiger partial charge >= 0.3 is 5.97 Å². The SMILES string of the molecule is CSCCC(NC(=O)C(CO)NC(=O)C(N)C(C(=O)C(N)CO)c1ccc(O)cc1)C(=O)O. The van der Waals surface area contributed by atoms with Crippen molar-refractivity contribution in [2.45, 2.75) is 36.5 Å². The van der Waals surface area contributed by atoms with Gasteiger partial charge in [-0.3, -0.25) is 14.4 Å². The first-order valence-electron chi connectivity index (χ1n) is 9.95. The molecule has 0 fully saturated rings. The van der Waals surface area contributed by atoms with Crippen molar-refractivity contribution >= 4 is 35.3 Å². The molecule has 1 aromatic rings. The van der Waals surface area contributed by atoms with E-state index in [0.29, 0.717) is 5.75 Å². The number of carboxylic acids is 1. The average molecular weight is 487 g/mol. The number of aliphatic hydroxyl groups is 2. The Labute approximate surface area is 194 Å². The molecule has 12 nitrogen and oxygen atoms in total. The zero-order valence-corrected chi connectivity index (χ0v) is 18.8. The molecule has 0 spiro atoms. The van der Waals surface area contributed by atoms with E-state index in [4.69, 9.17) is 11.5 Å². The van der Waals surface area contributed by atoms with Crippen molar-refractivity contribution in [1.82, 2.24) is 10.6 Å². The molecule has 0 aromatic heterocycles. The Hall–Kier alpha value is -2.71. The standard InChI is InChI=1S/C20H30N4O8S/c1-33-7-6-13(20(31)32)23-18(29)14(9-26)24-19(30)16(22)15(17(28)12(21)8-25)10-2-4-11(27)5-3-10/h2-5,12-16,25-27H,6-9,21-22H2,1H3,(H,23,29)(H,24,30)(H,31,32). The highest BCUT2D eigenvalue weighted by Crippen LogP contribution is 2.24. The zero-order chi connectivity index (χ0) is 25.1. The quantitative estimate of drug-likeness (QED) is 0.137. The molecule has 184 valence electrons. The predicted molar refractivity (Wildman–Crippen MR) is 120 cm³/mol. The lowest BCUT2D eigenvalue weighted by atomic mass is 9.84. The number of nitrogens with two attached hydrogens (primary N) is 2. The number of hydrogen-bond acceptors (Lipinski definition) is 10. The molecule has 13 heteroatoms. The van der Waals surface area contributed by atoms with E-state index in [1.807, 2.05) is 0 Å². The van der Waals surface area contributed by atoms with E-state index in [1.165, 1.54) is 36.0 Å². The summed E-state index contributed by atoms with van der Waals surface area (Å²) in [4.78, 5) is 49.2. The lowest BCUT2D eigenvalue weighted by molar-refractivity contribution is -0.142. The molecule has 0 radical (unpaired) electrons. The molecule has 0 aliphatic carbocycles. The van der Waals surface area contributed by atoms with Crippen molar-refractivity contribution in [1.29, 1.82) is 0 Å². The minimum Gasteiger partial charge on any atom is -0.508 e. The minimum atomic E-state index is -1.58. The van der Waals surface area contributed by atoms with E-state index < -0.39 is 66.9 Å². The molecule has 0 saturated heterocycles. The second-order valence-electron chi connectivity index (χ2n) is 7.21. The molecule has 0 heterocycles. The Balaban J connectivity index is 3.04. The number of ketones is 1. The number of carboxylic acid groups (broad SMARTS) is 1. The lowest BCUT2D eigenvalue weighted by Crippen LogP contribution is -2.58. The number of benzene rings is 1. The summed E-state index contributed by atoms with van der Waals surface area (Å²) in [6, 6.07) is -0.408. The van der Waals surface area contributed by atoms with Crippen LogP contribution in [0.25, 0.3) is 0 Å². The molecule has 5 atom stereocenters. The van der Waals surface area contributed by atoms with Crippen LogP contribution in [0.2, 0.25) is 0 Å². The summed E-state index contributed by atoms with van der Waals surface area (Å²) in [5, 5.41) is 42.0. The Bertz CT molecular complexity index is 823. The van der Waals surface area contributed by atoms with Gasteiger partial charge in [-0.1, -0.05) is 12.1 Å². The fourth-order valence-electron chi connectivity index (χ4n) is 2.93. The van der Waals surface area contributed by atoms with Gasteiger partial charge in [-0.15, -0.1) is 0 Å². The smallest absolute Gasteiger partial charge is 0.326 e. The number of Topliss-reactive ketones (excluding diaryl/α,β-unsaturated/α-hetero) is 1. The normalized spacial score (nSPS) is 15.5. The number of phenols is 1. The molecule has 2 amide bonds. The fraction of sp³-hybridized carbons (Fsp3) is 0.500. The maximum atomic E-state index is 12.8. The molecule has 1 rings (SSSR count). The van der Waals surface area contributed by atoms with Crippen LogP contribution in [0.5, 0.6) is 5.75 Å². The molecule has 10 N–H and O–H groups in total. The second kappa shape index (κ2) is 13.7. The Morgan fingerprint density at radius 1 is 0.970 bits per heavy atom. The van der Waals surface area contributed by atoms with E-state index in [0.717, 1.165) is 0 Å². The van der Waals surface area contributed by atoms with Crippen LogP contribution in [0.1, 0.15) is 17.9 Å². The number of aliphatic hydroxyl groups excluding tert-OH is 2. The minimum absolute atomic E-state index is 0.0964. The molecule has 0 aliphatic rings. The van der Waals surface area contributed by atoms with E-state index >= 15 is 0 Å². The number of carbonyl (C=O) groups excluding carboxylic acids is 3. The number of carbonyl (C=O) groups is 4. The van der Waals surface area contributed by atoms with Crippen LogP contribution < -0.4 is 22.1 Å². The summed E-state index contributed by atoms with van der Waals surface area (Å²) >= 11 is 1.39. The predicted octanol–water partition coefficient (Wildman–Crippen LogP) is -2.51. The number of nitrogens with one attached hydrogen (secondary N) is 2. The van der Waals surface area contributed by atoms with Gasteiger partial charge in [0.05, 0.1) is 31.2 Å². The Morgan fingerprint density at radius 3 is 2.03 bits per heavy atom. The van der Waals surface area contributed by atoms with Crippen LogP contribution in [0.15, 0.2) is 24.3 Å². The van der Waals surface area contributed by atoms with Crippen LogP contribution >= 0.6 is 11.8 Å². The molecule has 5 unspecified atom stereocenters. The molecule has 0 aliphatic heterocycles. The van der Waals surface area contributed by atoms with E-state index in [9.17, 15) is 39.6 Å². The third-order valence-electron chi connectivity index (χ3n) is 4.82. The van der Waals surface area contributed by atoms with Gasteiger partial charge in [0.15, 0.2) is 5.78 Å². The average Bonchev–Trinajstić information content (AvgIpc) is 2.80. The first-order chi connectivity index (χ1) is 15.6. The van der Waals surface area contributed by atoms with Gasteiger partial charge in [-0.05, 0) is 36.1 Å². The summed E-state index contributed by atoms with van der Waals surface area (Å²) in [7, 11) is 0. The van der Waals surface area contributed by atoms with Crippen LogP contribution in [0, 0.1) is 0 Å². The number of thioether (sulfide) groups is 1. The third kappa shape index (κ3) is 8.29. The molecular formula is C20H30N4O8S. The highest BCUT2D eigenvalue weighted by Gasteiger charge is 2.36. The van der Waals surface area contributed by atoms with Gasteiger partial charge in [-0.2, -0.15) is 11.8 Å². The third-order valence-corrected chi connectivity index (χ3v) is 5.47. The van der Waals surface area contributed by atoms with Gasteiger partial charge in [0, 0.05) is 0 Å². The largest absolute Gasteiger partial charge is 0.508 e. The van der Waals surface area contributed by atoms with E-state index in [2.05, 4.69) is 10.6 Å². The maximum Gasteiger partial charge on any atom is 0.326 e. The molecule has 0 bridgehead atoms. The van der Waals surface area contributed by atoms with Crippen LogP contribution in [-0.2, 0) is 19.2 Å². The van der Waals surface area contributed by atoms with Crippen molar-refractivity contribution < 1.29 is 39.6 Å². The number of rotatable bonds is 14. The summed E-state index contributed by atoms with van der Waals surface area (Å²) in [6.07, 6.45) is 1.90. The molecule has 33 heavy (non-hydrogen) atoms. The lowest BCUT2D eigenvalue weighted by Gasteiger charge is -2.26. The number of hydrogen-bond donors (Lipinski definition) is 8. The summed E-state index contributed by atoms with van der Waals surface area (Å²) < 4.78 is 0.